The number of methoxy groups -OCH3 is 1. The van der Waals surface area contributed by atoms with Crippen molar-refractivity contribution in [3.63, 3.8) is 0 Å². The second kappa shape index (κ2) is 8.62. The number of aryl methyl sites for hydroxylation is 3. The van der Waals surface area contributed by atoms with Gasteiger partial charge in [0.2, 0.25) is 0 Å². The van der Waals surface area contributed by atoms with E-state index in [0.29, 0.717) is 17.0 Å². The van der Waals surface area contributed by atoms with E-state index < -0.39 is 5.97 Å². The van der Waals surface area contributed by atoms with Crippen molar-refractivity contribution < 1.29 is 18.7 Å². The zero-order chi connectivity index (χ0) is 23.9. The minimum atomic E-state index is -0.530. The van der Waals surface area contributed by atoms with Gasteiger partial charge in [-0.05, 0) is 76.1 Å². The first-order valence-corrected chi connectivity index (χ1v) is 10.8. The standard InChI is InChI=1S/C27H28N2O4/c1-16-9-10-24(17(2)12-16)29-18(3)13-21(19(29)4)14-23-25(27(31)32-6)20(5)28(26(23)30)15-22-8-7-11-33-22/h7-14H,15H2,1-6H3/b23-14-. The van der Waals surface area contributed by atoms with Gasteiger partial charge in [-0.25, -0.2) is 4.79 Å². The number of carbonyl (C=O) groups excluding carboxylic acids is 2. The molecule has 0 radical (unpaired) electrons. The number of rotatable bonds is 5. The number of allylic oxidation sites excluding steroid dienone is 1. The average molecular weight is 445 g/mol. The summed E-state index contributed by atoms with van der Waals surface area (Å²) in [5.74, 6) is -0.140. The van der Waals surface area contributed by atoms with Crippen molar-refractivity contribution in [3.05, 3.63) is 93.3 Å². The van der Waals surface area contributed by atoms with Crippen LogP contribution in [0.15, 0.2) is 63.9 Å². The molecular weight excluding hydrogens is 416 g/mol. The first kappa shape index (κ1) is 22.4. The predicted molar refractivity (Wildman–Crippen MR) is 127 cm³/mol. The maximum Gasteiger partial charge on any atom is 0.340 e. The summed E-state index contributed by atoms with van der Waals surface area (Å²) < 4.78 is 12.6. The average Bonchev–Trinajstić information content (AvgIpc) is 3.44. The number of hydrogen-bond acceptors (Lipinski definition) is 4. The lowest BCUT2D eigenvalue weighted by atomic mass is 10.0. The molecular formula is C27H28N2O4. The van der Waals surface area contributed by atoms with E-state index in [9.17, 15) is 9.59 Å². The van der Waals surface area contributed by atoms with Crippen LogP contribution in [0.5, 0.6) is 0 Å². The lowest BCUT2D eigenvalue weighted by molar-refractivity contribution is -0.136. The van der Waals surface area contributed by atoms with E-state index in [4.69, 9.17) is 9.15 Å². The molecule has 1 aliphatic heterocycles. The van der Waals surface area contributed by atoms with Gasteiger partial charge in [-0.1, -0.05) is 17.7 Å². The normalized spacial score (nSPS) is 15.2. The van der Waals surface area contributed by atoms with E-state index in [-0.39, 0.29) is 18.0 Å². The highest BCUT2D eigenvalue weighted by Gasteiger charge is 2.37. The Balaban J connectivity index is 1.80. The van der Waals surface area contributed by atoms with Gasteiger partial charge in [0.1, 0.15) is 5.76 Å². The number of hydrogen-bond donors (Lipinski definition) is 0. The molecule has 1 aromatic carbocycles. The van der Waals surface area contributed by atoms with Crippen LogP contribution in [-0.2, 0) is 20.9 Å². The van der Waals surface area contributed by atoms with E-state index in [1.54, 1.807) is 36.3 Å². The molecule has 3 aromatic rings. The number of aromatic nitrogens is 1. The second-order valence-electron chi connectivity index (χ2n) is 8.43. The Morgan fingerprint density at radius 3 is 2.48 bits per heavy atom. The molecule has 6 heteroatoms. The summed E-state index contributed by atoms with van der Waals surface area (Å²) >= 11 is 0. The highest BCUT2D eigenvalue weighted by atomic mass is 16.5. The summed E-state index contributed by atoms with van der Waals surface area (Å²) in [4.78, 5) is 27.6. The summed E-state index contributed by atoms with van der Waals surface area (Å²) in [5, 5.41) is 0. The molecule has 2 aromatic heterocycles. The minimum absolute atomic E-state index is 0.247. The summed E-state index contributed by atoms with van der Waals surface area (Å²) in [5.41, 5.74) is 7.55. The molecule has 0 aliphatic carbocycles. The number of esters is 1. The zero-order valence-corrected chi connectivity index (χ0v) is 19.9. The number of ether oxygens (including phenoxy) is 1. The highest BCUT2D eigenvalue weighted by molar-refractivity contribution is 6.16. The first-order chi connectivity index (χ1) is 15.7. The van der Waals surface area contributed by atoms with Crippen molar-refractivity contribution in [3.8, 4) is 5.69 Å². The Hall–Kier alpha value is -3.80. The fourth-order valence-corrected chi connectivity index (χ4v) is 4.49. The Morgan fingerprint density at radius 2 is 1.85 bits per heavy atom. The number of benzene rings is 1. The van der Waals surface area contributed by atoms with Crippen molar-refractivity contribution in [2.24, 2.45) is 0 Å². The smallest absolute Gasteiger partial charge is 0.340 e. The molecule has 4 rings (SSSR count). The monoisotopic (exact) mass is 444 g/mol. The molecule has 3 heterocycles. The van der Waals surface area contributed by atoms with Crippen LogP contribution >= 0.6 is 0 Å². The molecule has 170 valence electrons. The molecule has 0 atom stereocenters. The number of nitrogens with zero attached hydrogens (tertiary/aromatic N) is 2. The van der Waals surface area contributed by atoms with Gasteiger partial charge < -0.3 is 18.6 Å². The molecule has 1 aliphatic rings. The van der Waals surface area contributed by atoms with Crippen LogP contribution in [0.1, 0.15) is 40.8 Å². The third kappa shape index (κ3) is 3.93. The van der Waals surface area contributed by atoms with Gasteiger partial charge in [-0.15, -0.1) is 0 Å². The maximum absolute atomic E-state index is 13.4. The van der Waals surface area contributed by atoms with Crippen LogP contribution in [0.25, 0.3) is 11.8 Å². The van der Waals surface area contributed by atoms with E-state index >= 15 is 0 Å². The fraction of sp³-hybridized carbons (Fsp3) is 0.259. The summed E-state index contributed by atoms with van der Waals surface area (Å²) in [6, 6.07) is 12.0. The summed E-state index contributed by atoms with van der Waals surface area (Å²) in [6.45, 7) is 10.2. The van der Waals surface area contributed by atoms with E-state index in [2.05, 4.69) is 36.6 Å². The van der Waals surface area contributed by atoms with Crippen molar-refractivity contribution in [1.82, 2.24) is 9.47 Å². The lowest BCUT2D eigenvalue weighted by Gasteiger charge is -2.16. The van der Waals surface area contributed by atoms with Crippen molar-refractivity contribution in [2.45, 2.75) is 41.2 Å². The van der Waals surface area contributed by atoms with Crippen molar-refractivity contribution in [1.29, 1.82) is 0 Å². The molecule has 0 saturated heterocycles. The predicted octanol–water partition coefficient (Wildman–Crippen LogP) is 5.18. The molecule has 33 heavy (non-hydrogen) atoms. The molecule has 0 saturated carbocycles. The quantitative estimate of drug-likeness (QED) is 0.402. The Labute approximate surface area is 193 Å². The van der Waals surface area contributed by atoms with Crippen molar-refractivity contribution >= 4 is 18.0 Å². The van der Waals surface area contributed by atoms with Crippen molar-refractivity contribution in [2.75, 3.05) is 7.11 Å². The minimum Gasteiger partial charge on any atom is -0.467 e. The van der Waals surface area contributed by atoms with Gasteiger partial charge in [0.25, 0.3) is 5.91 Å². The van der Waals surface area contributed by atoms with Crippen LogP contribution in [0, 0.1) is 27.7 Å². The number of carbonyl (C=O) groups is 2. The van der Waals surface area contributed by atoms with Crippen LogP contribution in [-0.4, -0.2) is 28.5 Å². The Bertz CT molecular complexity index is 1310. The molecule has 0 spiro atoms. The third-order valence-corrected chi connectivity index (χ3v) is 6.16. The first-order valence-electron chi connectivity index (χ1n) is 10.8. The lowest BCUT2D eigenvalue weighted by Crippen LogP contribution is -2.24. The second-order valence-corrected chi connectivity index (χ2v) is 8.43. The van der Waals surface area contributed by atoms with E-state index in [1.807, 2.05) is 19.9 Å². The van der Waals surface area contributed by atoms with Gasteiger partial charge in [0, 0.05) is 22.8 Å². The molecule has 6 nitrogen and oxygen atoms in total. The number of furan rings is 1. The largest absolute Gasteiger partial charge is 0.467 e. The van der Waals surface area contributed by atoms with Crippen LogP contribution in [0.2, 0.25) is 0 Å². The highest BCUT2D eigenvalue weighted by Crippen LogP contribution is 2.34. The zero-order valence-electron chi connectivity index (χ0n) is 19.9. The molecule has 0 unspecified atom stereocenters. The molecule has 0 fully saturated rings. The van der Waals surface area contributed by atoms with Gasteiger partial charge in [0.15, 0.2) is 0 Å². The third-order valence-electron chi connectivity index (χ3n) is 6.16. The molecule has 0 N–H and O–H groups in total. The van der Waals surface area contributed by atoms with Gasteiger partial charge >= 0.3 is 5.97 Å². The Morgan fingerprint density at radius 1 is 1.09 bits per heavy atom. The van der Waals surface area contributed by atoms with Crippen LogP contribution in [0.3, 0.4) is 0 Å². The maximum atomic E-state index is 13.4. The summed E-state index contributed by atoms with van der Waals surface area (Å²) in [6.07, 6.45) is 3.36. The fourth-order valence-electron chi connectivity index (χ4n) is 4.49. The molecule has 1 amide bonds. The summed E-state index contributed by atoms with van der Waals surface area (Å²) in [7, 11) is 1.33. The van der Waals surface area contributed by atoms with E-state index in [0.717, 1.165) is 22.6 Å². The van der Waals surface area contributed by atoms with E-state index in [1.165, 1.54) is 18.2 Å². The SMILES string of the molecule is COC(=O)C1=C(C)N(Cc2ccco2)C(=O)/C1=C\c1cc(C)n(-c2ccc(C)cc2C)c1C. The topological polar surface area (TPSA) is 64.7 Å². The Kier molecular flexibility index (Phi) is 5.85. The van der Waals surface area contributed by atoms with Crippen LogP contribution in [0.4, 0.5) is 0 Å². The van der Waals surface area contributed by atoms with Gasteiger partial charge in [-0.2, -0.15) is 0 Å². The van der Waals surface area contributed by atoms with Crippen LogP contribution < -0.4 is 0 Å². The number of amides is 1. The molecule has 0 bridgehead atoms. The van der Waals surface area contributed by atoms with Gasteiger partial charge in [-0.3, -0.25) is 4.79 Å². The van der Waals surface area contributed by atoms with Gasteiger partial charge in [0.05, 0.1) is 31.1 Å².